The summed E-state index contributed by atoms with van der Waals surface area (Å²) < 4.78 is 0. The van der Waals surface area contributed by atoms with Crippen LogP contribution < -0.4 is 4.90 Å². The van der Waals surface area contributed by atoms with Crippen LogP contribution in [0, 0.1) is 10.1 Å². The molecular formula is C18H26N4O3. The van der Waals surface area contributed by atoms with Crippen LogP contribution >= 0.6 is 0 Å². The number of anilines is 1. The molecule has 1 aromatic carbocycles. The number of piperidine rings is 1. The SMILES string of the molecule is O=Cc1cc([N+](=O)[O-])ccc1N1CCN(CCN2CCCCC2)CC1. The molecule has 0 saturated carbocycles. The van der Waals surface area contributed by atoms with Crippen LogP contribution in [0.5, 0.6) is 0 Å². The maximum Gasteiger partial charge on any atom is 0.270 e. The highest BCUT2D eigenvalue weighted by atomic mass is 16.6. The van der Waals surface area contributed by atoms with E-state index in [4.69, 9.17) is 0 Å². The smallest absolute Gasteiger partial charge is 0.270 e. The van der Waals surface area contributed by atoms with Crippen LogP contribution in [-0.2, 0) is 0 Å². The summed E-state index contributed by atoms with van der Waals surface area (Å²) in [5.74, 6) is 0. The number of non-ortho nitro benzene ring substituents is 1. The highest BCUT2D eigenvalue weighted by Crippen LogP contribution is 2.25. The van der Waals surface area contributed by atoms with E-state index in [0.717, 1.165) is 45.0 Å². The normalized spacial score (nSPS) is 19.8. The van der Waals surface area contributed by atoms with Gasteiger partial charge in [-0.3, -0.25) is 19.8 Å². The molecule has 0 amide bonds. The van der Waals surface area contributed by atoms with Gasteiger partial charge < -0.3 is 9.80 Å². The zero-order valence-electron chi connectivity index (χ0n) is 14.6. The summed E-state index contributed by atoms with van der Waals surface area (Å²) in [6, 6.07) is 4.54. The molecule has 0 atom stereocenters. The summed E-state index contributed by atoms with van der Waals surface area (Å²) in [6.45, 7) is 8.30. The van der Waals surface area contributed by atoms with Crippen LogP contribution in [0.4, 0.5) is 11.4 Å². The standard InChI is InChI=1S/C18H26N4O3/c23-15-16-14-17(22(24)25)4-5-18(16)21-12-10-20(11-13-21)9-8-19-6-2-1-3-7-19/h4-5,14-15H,1-3,6-13H2. The van der Waals surface area contributed by atoms with Gasteiger partial charge in [0.05, 0.1) is 4.92 Å². The van der Waals surface area contributed by atoms with E-state index in [2.05, 4.69) is 14.7 Å². The second kappa shape index (κ2) is 8.40. The molecule has 3 rings (SSSR count). The summed E-state index contributed by atoms with van der Waals surface area (Å²) in [7, 11) is 0. The molecule has 7 nitrogen and oxygen atoms in total. The Hall–Kier alpha value is -1.99. The lowest BCUT2D eigenvalue weighted by molar-refractivity contribution is -0.384. The van der Waals surface area contributed by atoms with Crippen molar-refractivity contribution in [3.8, 4) is 0 Å². The van der Waals surface area contributed by atoms with Crippen molar-refractivity contribution in [3.63, 3.8) is 0 Å². The van der Waals surface area contributed by atoms with Gasteiger partial charge in [-0.1, -0.05) is 6.42 Å². The molecule has 25 heavy (non-hydrogen) atoms. The molecule has 1 aromatic rings. The van der Waals surface area contributed by atoms with Gasteiger partial charge in [0.25, 0.3) is 5.69 Å². The molecule has 0 spiro atoms. The fraction of sp³-hybridized carbons (Fsp3) is 0.611. The quantitative estimate of drug-likeness (QED) is 0.446. The molecule has 136 valence electrons. The first-order valence-corrected chi connectivity index (χ1v) is 9.10. The number of nitro groups is 1. The van der Waals surface area contributed by atoms with Crippen molar-refractivity contribution in [1.82, 2.24) is 9.80 Å². The maximum atomic E-state index is 11.3. The molecule has 2 saturated heterocycles. The fourth-order valence-electron chi connectivity index (χ4n) is 3.72. The van der Waals surface area contributed by atoms with Gasteiger partial charge >= 0.3 is 0 Å². The van der Waals surface area contributed by atoms with Gasteiger partial charge in [-0.2, -0.15) is 0 Å². The third kappa shape index (κ3) is 4.55. The average molecular weight is 346 g/mol. The molecular weight excluding hydrogens is 320 g/mol. The number of hydrogen-bond acceptors (Lipinski definition) is 6. The van der Waals surface area contributed by atoms with Gasteiger partial charge in [-0.05, 0) is 32.0 Å². The number of piperazine rings is 1. The summed E-state index contributed by atoms with van der Waals surface area (Å²) >= 11 is 0. The van der Waals surface area contributed by atoms with E-state index >= 15 is 0 Å². The van der Waals surface area contributed by atoms with Gasteiger partial charge in [0, 0.05) is 62.7 Å². The highest BCUT2D eigenvalue weighted by Gasteiger charge is 2.21. The van der Waals surface area contributed by atoms with E-state index in [1.165, 1.54) is 44.5 Å². The van der Waals surface area contributed by atoms with E-state index in [-0.39, 0.29) is 5.69 Å². The Bertz CT molecular complexity index is 608. The Morgan fingerprint density at radius 2 is 1.60 bits per heavy atom. The van der Waals surface area contributed by atoms with E-state index in [9.17, 15) is 14.9 Å². The first kappa shape index (κ1) is 17.8. The fourth-order valence-corrected chi connectivity index (χ4v) is 3.72. The minimum Gasteiger partial charge on any atom is -0.368 e. The predicted octanol–water partition coefficient (Wildman–Crippen LogP) is 2.02. The van der Waals surface area contributed by atoms with Crippen molar-refractivity contribution >= 4 is 17.7 Å². The minimum absolute atomic E-state index is 0.0361. The molecule has 0 radical (unpaired) electrons. The van der Waals surface area contributed by atoms with Crippen LogP contribution in [0.15, 0.2) is 18.2 Å². The molecule has 0 aromatic heterocycles. The van der Waals surface area contributed by atoms with Gasteiger partial charge in [0.2, 0.25) is 0 Å². The second-order valence-electron chi connectivity index (χ2n) is 6.85. The number of carbonyl (C=O) groups excluding carboxylic acids is 1. The monoisotopic (exact) mass is 346 g/mol. The summed E-state index contributed by atoms with van der Waals surface area (Å²) in [5, 5.41) is 10.9. The van der Waals surface area contributed by atoms with E-state index in [1.54, 1.807) is 6.07 Å². The molecule has 2 fully saturated rings. The third-order valence-electron chi connectivity index (χ3n) is 5.24. The largest absolute Gasteiger partial charge is 0.368 e. The topological polar surface area (TPSA) is 69.9 Å². The number of nitro benzene ring substituents is 1. The number of nitrogens with zero attached hydrogens (tertiary/aromatic N) is 4. The molecule has 0 bridgehead atoms. The third-order valence-corrected chi connectivity index (χ3v) is 5.24. The number of carbonyl (C=O) groups is 1. The lowest BCUT2D eigenvalue weighted by Gasteiger charge is -2.37. The van der Waals surface area contributed by atoms with Crippen LogP contribution in [0.3, 0.4) is 0 Å². The number of likely N-dealkylation sites (tertiary alicyclic amines) is 1. The Kier molecular flexibility index (Phi) is 5.99. The molecule has 0 unspecified atom stereocenters. The highest BCUT2D eigenvalue weighted by molar-refractivity contribution is 5.86. The predicted molar refractivity (Wildman–Crippen MR) is 97.4 cm³/mol. The Balaban J connectivity index is 1.53. The van der Waals surface area contributed by atoms with E-state index in [1.807, 2.05) is 0 Å². The number of benzene rings is 1. The molecule has 0 aliphatic carbocycles. The van der Waals surface area contributed by atoms with Crippen molar-refractivity contribution in [1.29, 1.82) is 0 Å². The Labute approximate surface area is 148 Å². The van der Waals surface area contributed by atoms with E-state index in [0.29, 0.717) is 11.8 Å². The maximum absolute atomic E-state index is 11.3. The van der Waals surface area contributed by atoms with Crippen molar-refractivity contribution < 1.29 is 9.72 Å². The number of aldehydes is 1. The lowest BCUT2D eigenvalue weighted by atomic mass is 10.1. The van der Waals surface area contributed by atoms with Crippen molar-refractivity contribution in [2.75, 3.05) is 57.3 Å². The first-order valence-electron chi connectivity index (χ1n) is 9.10. The minimum atomic E-state index is -0.463. The second-order valence-corrected chi connectivity index (χ2v) is 6.85. The lowest BCUT2D eigenvalue weighted by Crippen LogP contribution is -2.49. The molecule has 0 N–H and O–H groups in total. The van der Waals surface area contributed by atoms with Gasteiger partial charge in [0.15, 0.2) is 6.29 Å². The van der Waals surface area contributed by atoms with Crippen molar-refractivity contribution in [3.05, 3.63) is 33.9 Å². The number of hydrogen-bond donors (Lipinski definition) is 0. The molecule has 7 heteroatoms. The zero-order chi connectivity index (χ0) is 17.6. The zero-order valence-corrected chi connectivity index (χ0v) is 14.6. The molecule has 2 heterocycles. The van der Waals surface area contributed by atoms with Crippen molar-refractivity contribution in [2.24, 2.45) is 0 Å². The van der Waals surface area contributed by atoms with Crippen LogP contribution in [-0.4, -0.2) is 73.4 Å². The summed E-state index contributed by atoms with van der Waals surface area (Å²) in [5.41, 5.74) is 1.17. The summed E-state index contributed by atoms with van der Waals surface area (Å²) in [6.07, 6.45) is 4.72. The average Bonchev–Trinajstić information content (AvgIpc) is 2.67. The molecule has 2 aliphatic rings. The number of rotatable bonds is 6. The van der Waals surface area contributed by atoms with Crippen LogP contribution in [0.25, 0.3) is 0 Å². The van der Waals surface area contributed by atoms with Crippen LogP contribution in [0.1, 0.15) is 29.6 Å². The Morgan fingerprint density at radius 1 is 0.960 bits per heavy atom. The molecule has 2 aliphatic heterocycles. The van der Waals surface area contributed by atoms with Crippen molar-refractivity contribution in [2.45, 2.75) is 19.3 Å². The van der Waals surface area contributed by atoms with Gasteiger partial charge in [-0.15, -0.1) is 0 Å². The first-order chi connectivity index (χ1) is 12.2. The van der Waals surface area contributed by atoms with E-state index < -0.39 is 4.92 Å². The van der Waals surface area contributed by atoms with Gasteiger partial charge in [0.1, 0.15) is 0 Å². The summed E-state index contributed by atoms with van der Waals surface area (Å²) in [4.78, 5) is 28.9. The van der Waals surface area contributed by atoms with Gasteiger partial charge in [-0.25, -0.2) is 0 Å². The van der Waals surface area contributed by atoms with Crippen LogP contribution in [0.2, 0.25) is 0 Å². The Morgan fingerprint density at radius 3 is 2.20 bits per heavy atom.